The van der Waals surface area contributed by atoms with Crippen molar-refractivity contribution in [2.24, 2.45) is 5.92 Å². The van der Waals surface area contributed by atoms with Gasteiger partial charge in [-0.15, -0.1) is 11.8 Å². The number of ether oxygens (including phenoxy) is 1. The molecule has 0 saturated heterocycles. The maximum Gasteiger partial charge on any atom is 0.120 e. The van der Waals surface area contributed by atoms with Crippen molar-refractivity contribution in [3.8, 4) is 5.75 Å². The summed E-state index contributed by atoms with van der Waals surface area (Å²) in [5.41, 5.74) is 0. The molecule has 0 aromatic heterocycles. The van der Waals surface area contributed by atoms with Gasteiger partial charge in [-0.25, -0.2) is 0 Å². The van der Waals surface area contributed by atoms with Gasteiger partial charge in [-0.2, -0.15) is 0 Å². The Balaban J connectivity index is 1.80. The van der Waals surface area contributed by atoms with Crippen LogP contribution in [0.3, 0.4) is 0 Å². The highest BCUT2D eigenvalue weighted by Gasteiger charge is 2.13. The number of thioether (sulfide) groups is 1. The van der Waals surface area contributed by atoms with Crippen LogP contribution in [0.25, 0.3) is 0 Å². The Labute approximate surface area is 114 Å². The summed E-state index contributed by atoms with van der Waals surface area (Å²) in [6.07, 6.45) is 6.75. The van der Waals surface area contributed by atoms with Crippen LogP contribution in [0, 0.1) is 5.92 Å². The molecular formula is C15H22O2S. The summed E-state index contributed by atoms with van der Waals surface area (Å²) in [6, 6.07) is 8.18. The fourth-order valence-corrected chi connectivity index (χ4v) is 3.09. The lowest BCUT2D eigenvalue weighted by molar-refractivity contribution is 0.208. The van der Waals surface area contributed by atoms with E-state index >= 15 is 0 Å². The van der Waals surface area contributed by atoms with Gasteiger partial charge < -0.3 is 9.84 Å². The van der Waals surface area contributed by atoms with E-state index in [-0.39, 0.29) is 6.61 Å². The Hall–Kier alpha value is -0.670. The fourth-order valence-electron chi connectivity index (χ4n) is 2.39. The molecule has 0 heterocycles. The number of aliphatic hydroxyl groups is 1. The number of hydrogen-bond donors (Lipinski definition) is 1. The molecule has 3 heteroatoms. The zero-order valence-corrected chi connectivity index (χ0v) is 11.6. The maximum absolute atomic E-state index is 8.82. The standard InChI is InChI=1S/C15H22O2S/c16-9-10-18-15-8-4-7-14(11-15)17-12-13-5-2-1-3-6-13/h4,7-8,11,13,16H,1-3,5-6,9-10,12H2. The molecule has 1 aromatic rings. The van der Waals surface area contributed by atoms with E-state index in [1.54, 1.807) is 11.8 Å². The molecule has 18 heavy (non-hydrogen) atoms. The van der Waals surface area contributed by atoms with Gasteiger partial charge in [-0.05, 0) is 37.0 Å². The number of hydrogen-bond acceptors (Lipinski definition) is 3. The summed E-state index contributed by atoms with van der Waals surface area (Å²) in [5, 5.41) is 8.82. The molecule has 1 aromatic carbocycles. The molecule has 0 unspecified atom stereocenters. The van der Waals surface area contributed by atoms with Gasteiger partial charge in [0.25, 0.3) is 0 Å². The predicted octanol–water partition coefficient (Wildman–Crippen LogP) is 3.73. The summed E-state index contributed by atoms with van der Waals surface area (Å²) in [6.45, 7) is 1.08. The SMILES string of the molecule is OCCSc1cccc(OCC2CCCCC2)c1. The normalized spacial score (nSPS) is 16.7. The van der Waals surface area contributed by atoms with E-state index in [0.29, 0.717) is 0 Å². The number of rotatable bonds is 6. The van der Waals surface area contributed by atoms with Crippen LogP contribution in [0.5, 0.6) is 5.75 Å². The highest BCUT2D eigenvalue weighted by Crippen LogP contribution is 2.26. The maximum atomic E-state index is 8.82. The van der Waals surface area contributed by atoms with E-state index in [1.165, 1.54) is 37.0 Å². The van der Waals surface area contributed by atoms with Gasteiger partial charge in [0, 0.05) is 10.6 Å². The molecule has 2 nitrogen and oxygen atoms in total. The second kappa shape index (κ2) is 7.70. The Morgan fingerprint density at radius 3 is 2.83 bits per heavy atom. The summed E-state index contributed by atoms with van der Waals surface area (Å²) in [7, 11) is 0. The van der Waals surface area contributed by atoms with Gasteiger partial charge in [0.1, 0.15) is 5.75 Å². The van der Waals surface area contributed by atoms with Crippen LogP contribution in [0.2, 0.25) is 0 Å². The number of benzene rings is 1. The van der Waals surface area contributed by atoms with Gasteiger partial charge in [0.05, 0.1) is 13.2 Å². The Morgan fingerprint density at radius 1 is 1.22 bits per heavy atom. The molecule has 1 saturated carbocycles. The minimum Gasteiger partial charge on any atom is -0.493 e. The van der Waals surface area contributed by atoms with E-state index < -0.39 is 0 Å². The summed E-state index contributed by atoms with van der Waals surface area (Å²) < 4.78 is 5.89. The first kappa shape index (κ1) is 13.8. The van der Waals surface area contributed by atoms with Crippen molar-refractivity contribution in [1.82, 2.24) is 0 Å². The van der Waals surface area contributed by atoms with Gasteiger partial charge in [-0.1, -0.05) is 25.3 Å². The van der Waals surface area contributed by atoms with Gasteiger partial charge >= 0.3 is 0 Å². The first-order valence-electron chi connectivity index (χ1n) is 6.85. The fraction of sp³-hybridized carbons (Fsp3) is 0.600. The molecule has 100 valence electrons. The van der Waals surface area contributed by atoms with Crippen molar-refractivity contribution in [3.63, 3.8) is 0 Å². The van der Waals surface area contributed by atoms with Crippen molar-refractivity contribution in [1.29, 1.82) is 0 Å². The van der Waals surface area contributed by atoms with Gasteiger partial charge in [-0.3, -0.25) is 0 Å². The molecular weight excluding hydrogens is 244 g/mol. The lowest BCUT2D eigenvalue weighted by Gasteiger charge is -2.21. The van der Waals surface area contributed by atoms with Crippen LogP contribution < -0.4 is 4.74 Å². The quantitative estimate of drug-likeness (QED) is 0.796. The number of aliphatic hydroxyl groups excluding tert-OH is 1. The molecule has 0 bridgehead atoms. The van der Waals surface area contributed by atoms with Crippen molar-refractivity contribution < 1.29 is 9.84 Å². The van der Waals surface area contributed by atoms with Crippen molar-refractivity contribution in [2.45, 2.75) is 37.0 Å². The van der Waals surface area contributed by atoms with Crippen LogP contribution in [0.15, 0.2) is 29.2 Å². The van der Waals surface area contributed by atoms with E-state index in [9.17, 15) is 0 Å². The average Bonchev–Trinajstić information content (AvgIpc) is 2.44. The summed E-state index contributed by atoms with van der Waals surface area (Å²) in [5.74, 6) is 2.45. The van der Waals surface area contributed by atoms with Gasteiger partial charge in [0.15, 0.2) is 0 Å². The molecule has 2 rings (SSSR count). The first-order valence-corrected chi connectivity index (χ1v) is 7.83. The monoisotopic (exact) mass is 266 g/mol. The van der Waals surface area contributed by atoms with Crippen LogP contribution in [-0.2, 0) is 0 Å². The third-order valence-electron chi connectivity index (χ3n) is 3.38. The summed E-state index contributed by atoms with van der Waals surface area (Å²) >= 11 is 1.67. The van der Waals surface area contributed by atoms with Crippen molar-refractivity contribution in [2.75, 3.05) is 19.0 Å². The Morgan fingerprint density at radius 2 is 2.06 bits per heavy atom. The van der Waals surface area contributed by atoms with Crippen LogP contribution in [0.4, 0.5) is 0 Å². The molecule has 0 spiro atoms. The smallest absolute Gasteiger partial charge is 0.120 e. The van der Waals surface area contributed by atoms with E-state index in [0.717, 1.165) is 24.0 Å². The molecule has 0 radical (unpaired) electrons. The predicted molar refractivity (Wildman–Crippen MR) is 76.3 cm³/mol. The van der Waals surface area contributed by atoms with Crippen molar-refractivity contribution >= 4 is 11.8 Å². The topological polar surface area (TPSA) is 29.5 Å². The third-order valence-corrected chi connectivity index (χ3v) is 4.35. The highest BCUT2D eigenvalue weighted by molar-refractivity contribution is 7.99. The highest BCUT2D eigenvalue weighted by atomic mass is 32.2. The molecule has 0 atom stereocenters. The molecule has 1 aliphatic carbocycles. The molecule has 1 fully saturated rings. The van der Waals surface area contributed by atoms with Crippen molar-refractivity contribution in [3.05, 3.63) is 24.3 Å². The zero-order chi connectivity index (χ0) is 12.6. The van der Waals surface area contributed by atoms with Crippen LogP contribution >= 0.6 is 11.8 Å². The van der Waals surface area contributed by atoms with Crippen LogP contribution in [-0.4, -0.2) is 24.1 Å². The second-order valence-electron chi connectivity index (χ2n) is 4.86. The minimum absolute atomic E-state index is 0.220. The minimum atomic E-state index is 0.220. The van der Waals surface area contributed by atoms with E-state index in [4.69, 9.17) is 9.84 Å². The molecule has 0 amide bonds. The molecule has 1 N–H and O–H groups in total. The molecule has 0 aliphatic heterocycles. The average molecular weight is 266 g/mol. The Bertz CT molecular complexity index is 348. The first-order chi connectivity index (χ1) is 8.88. The Kier molecular flexibility index (Phi) is 5.88. The lowest BCUT2D eigenvalue weighted by Crippen LogP contribution is -2.15. The van der Waals surface area contributed by atoms with E-state index in [1.807, 2.05) is 12.1 Å². The zero-order valence-electron chi connectivity index (χ0n) is 10.8. The second-order valence-corrected chi connectivity index (χ2v) is 6.03. The lowest BCUT2D eigenvalue weighted by atomic mass is 9.90. The van der Waals surface area contributed by atoms with E-state index in [2.05, 4.69) is 12.1 Å². The van der Waals surface area contributed by atoms with Gasteiger partial charge in [0.2, 0.25) is 0 Å². The molecule has 1 aliphatic rings. The van der Waals surface area contributed by atoms with Crippen LogP contribution in [0.1, 0.15) is 32.1 Å². The summed E-state index contributed by atoms with van der Waals surface area (Å²) in [4.78, 5) is 1.17. The largest absolute Gasteiger partial charge is 0.493 e. The third kappa shape index (κ3) is 4.54.